The number of benzene rings is 2. The fraction of sp³-hybridized carbons (Fsp3) is 0.105. The third-order valence-electron chi connectivity index (χ3n) is 3.50. The molecule has 0 radical (unpaired) electrons. The van der Waals surface area contributed by atoms with Gasteiger partial charge in [0, 0.05) is 29.9 Å². The van der Waals surface area contributed by atoms with Crippen LogP contribution in [0.25, 0.3) is 11.3 Å². The van der Waals surface area contributed by atoms with E-state index in [4.69, 9.17) is 4.52 Å². The summed E-state index contributed by atoms with van der Waals surface area (Å²) in [6.07, 6.45) is 0.0229. The zero-order valence-corrected chi connectivity index (χ0v) is 14.0. The third-order valence-corrected chi connectivity index (χ3v) is 3.50. The highest BCUT2D eigenvalue weighted by Gasteiger charge is 2.11. The molecule has 2 amide bonds. The van der Waals surface area contributed by atoms with E-state index in [9.17, 15) is 14.0 Å². The van der Waals surface area contributed by atoms with Crippen LogP contribution in [0.5, 0.6) is 0 Å². The molecule has 0 unspecified atom stereocenters. The Hall–Kier alpha value is -3.48. The number of nitrogens with zero attached hydrogens (tertiary/aromatic N) is 1. The average Bonchev–Trinajstić information content (AvgIpc) is 3.03. The van der Waals surface area contributed by atoms with Crippen LogP contribution in [0.2, 0.25) is 0 Å². The molecule has 0 spiro atoms. The molecule has 0 fully saturated rings. The minimum absolute atomic E-state index is 0.0229. The summed E-state index contributed by atoms with van der Waals surface area (Å²) in [6, 6.07) is 14.3. The highest BCUT2D eigenvalue weighted by molar-refractivity contribution is 5.94. The van der Waals surface area contributed by atoms with Crippen molar-refractivity contribution in [2.45, 2.75) is 13.3 Å². The summed E-state index contributed by atoms with van der Waals surface area (Å²) >= 11 is 0. The van der Waals surface area contributed by atoms with E-state index in [1.807, 2.05) is 0 Å². The molecule has 0 bridgehead atoms. The molecule has 0 aliphatic rings. The van der Waals surface area contributed by atoms with Gasteiger partial charge in [-0.15, -0.1) is 0 Å². The summed E-state index contributed by atoms with van der Waals surface area (Å²) < 4.78 is 18.2. The molecule has 3 aromatic rings. The van der Waals surface area contributed by atoms with Crippen LogP contribution >= 0.6 is 0 Å². The molecule has 1 aromatic heterocycles. The van der Waals surface area contributed by atoms with Gasteiger partial charge in [0.25, 0.3) is 0 Å². The van der Waals surface area contributed by atoms with E-state index in [1.54, 1.807) is 42.5 Å². The quantitative estimate of drug-likeness (QED) is 0.734. The third kappa shape index (κ3) is 4.54. The first-order valence-corrected chi connectivity index (χ1v) is 7.88. The number of carbonyl (C=O) groups is 2. The number of aromatic nitrogens is 1. The minimum atomic E-state index is -0.339. The number of anilines is 2. The van der Waals surface area contributed by atoms with Crippen LogP contribution < -0.4 is 10.6 Å². The van der Waals surface area contributed by atoms with Crippen molar-refractivity contribution in [3.05, 3.63) is 66.1 Å². The van der Waals surface area contributed by atoms with Crippen molar-refractivity contribution in [2.24, 2.45) is 0 Å². The van der Waals surface area contributed by atoms with E-state index in [-0.39, 0.29) is 24.1 Å². The Morgan fingerprint density at radius 3 is 2.42 bits per heavy atom. The lowest BCUT2D eigenvalue weighted by Crippen LogP contribution is -2.15. The molecule has 0 saturated heterocycles. The molecule has 3 rings (SSSR count). The molecule has 0 saturated carbocycles. The maximum atomic E-state index is 13.0. The summed E-state index contributed by atoms with van der Waals surface area (Å²) in [4.78, 5) is 23.3. The van der Waals surface area contributed by atoms with Crippen LogP contribution in [0.4, 0.5) is 15.8 Å². The number of nitrogens with one attached hydrogen (secondary N) is 2. The average molecular weight is 353 g/mol. The molecule has 7 heteroatoms. The maximum Gasteiger partial charge on any atom is 0.230 e. The first kappa shape index (κ1) is 17.3. The normalized spacial score (nSPS) is 10.4. The maximum absolute atomic E-state index is 13.0. The fourth-order valence-electron chi connectivity index (χ4n) is 2.39. The van der Waals surface area contributed by atoms with Gasteiger partial charge < -0.3 is 15.2 Å². The largest absolute Gasteiger partial charge is 0.356 e. The van der Waals surface area contributed by atoms with Gasteiger partial charge in [-0.05, 0) is 42.5 Å². The zero-order valence-electron chi connectivity index (χ0n) is 14.0. The molecule has 0 aliphatic heterocycles. The highest BCUT2D eigenvalue weighted by atomic mass is 19.1. The fourth-order valence-corrected chi connectivity index (χ4v) is 2.39. The van der Waals surface area contributed by atoms with Crippen molar-refractivity contribution >= 4 is 23.2 Å². The van der Waals surface area contributed by atoms with Gasteiger partial charge >= 0.3 is 0 Å². The molecular formula is C19H16FN3O3. The standard InChI is InChI=1S/C19H16FN3O3/c1-12(24)21-15-3-2-4-16(9-15)22-19(25)11-17-10-18(26-23-17)13-5-7-14(20)8-6-13/h2-10H,11H2,1H3,(H,21,24)(H,22,25). The Labute approximate surface area is 149 Å². The van der Waals surface area contributed by atoms with E-state index in [2.05, 4.69) is 15.8 Å². The Morgan fingerprint density at radius 2 is 1.73 bits per heavy atom. The van der Waals surface area contributed by atoms with Gasteiger partial charge in [0.2, 0.25) is 11.8 Å². The van der Waals surface area contributed by atoms with Crippen molar-refractivity contribution in [1.82, 2.24) is 5.16 Å². The van der Waals surface area contributed by atoms with Crippen molar-refractivity contribution in [3.8, 4) is 11.3 Å². The summed E-state index contributed by atoms with van der Waals surface area (Å²) in [6.45, 7) is 1.41. The van der Waals surface area contributed by atoms with Crippen LogP contribution in [0.15, 0.2) is 59.1 Å². The molecule has 2 aromatic carbocycles. The molecule has 132 valence electrons. The van der Waals surface area contributed by atoms with Gasteiger partial charge in [-0.1, -0.05) is 11.2 Å². The second-order valence-electron chi connectivity index (χ2n) is 5.68. The summed E-state index contributed by atoms with van der Waals surface area (Å²) in [5, 5.41) is 9.26. The Bertz CT molecular complexity index is 935. The van der Waals surface area contributed by atoms with Gasteiger partial charge in [0.15, 0.2) is 5.76 Å². The van der Waals surface area contributed by atoms with Gasteiger partial charge in [-0.2, -0.15) is 0 Å². The number of rotatable bonds is 5. The Kier molecular flexibility index (Phi) is 5.07. The van der Waals surface area contributed by atoms with Gasteiger partial charge in [-0.25, -0.2) is 4.39 Å². The molecule has 1 heterocycles. The second kappa shape index (κ2) is 7.60. The zero-order chi connectivity index (χ0) is 18.5. The SMILES string of the molecule is CC(=O)Nc1cccc(NC(=O)Cc2cc(-c3ccc(F)cc3)on2)c1. The minimum Gasteiger partial charge on any atom is -0.356 e. The monoisotopic (exact) mass is 353 g/mol. The van der Waals surface area contributed by atoms with Crippen LogP contribution in [-0.4, -0.2) is 17.0 Å². The van der Waals surface area contributed by atoms with E-state index >= 15 is 0 Å². The lowest BCUT2D eigenvalue weighted by molar-refractivity contribution is -0.116. The van der Waals surface area contributed by atoms with Crippen molar-refractivity contribution in [3.63, 3.8) is 0 Å². The summed E-state index contributed by atoms with van der Waals surface area (Å²) in [7, 11) is 0. The van der Waals surface area contributed by atoms with Crippen molar-refractivity contribution < 1.29 is 18.5 Å². The number of hydrogen-bond donors (Lipinski definition) is 2. The first-order valence-electron chi connectivity index (χ1n) is 7.88. The van der Waals surface area contributed by atoms with Crippen LogP contribution in [0.1, 0.15) is 12.6 Å². The van der Waals surface area contributed by atoms with Gasteiger partial charge in [0.1, 0.15) is 5.82 Å². The van der Waals surface area contributed by atoms with E-state index in [0.717, 1.165) is 0 Å². The topological polar surface area (TPSA) is 84.2 Å². The molecule has 2 N–H and O–H groups in total. The van der Waals surface area contributed by atoms with Gasteiger partial charge in [-0.3, -0.25) is 9.59 Å². The predicted molar refractivity (Wildman–Crippen MR) is 95.0 cm³/mol. The first-order chi connectivity index (χ1) is 12.5. The van der Waals surface area contributed by atoms with Crippen LogP contribution in [0.3, 0.4) is 0 Å². The Morgan fingerprint density at radius 1 is 1.04 bits per heavy atom. The number of hydrogen-bond acceptors (Lipinski definition) is 4. The lowest BCUT2D eigenvalue weighted by Gasteiger charge is -2.07. The molecule has 6 nitrogen and oxygen atoms in total. The van der Waals surface area contributed by atoms with E-state index in [0.29, 0.717) is 28.4 Å². The number of halogens is 1. The van der Waals surface area contributed by atoms with Crippen molar-refractivity contribution in [1.29, 1.82) is 0 Å². The smallest absolute Gasteiger partial charge is 0.230 e. The van der Waals surface area contributed by atoms with Crippen molar-refractivity contribution in [2.75, 3.05) is 10.6 Å². The van der Waals surface area contributed by atoms with Crippen LogP contribution in [-0.2, 0) is 16.0 Å². The highest BCUT2D eigenvalue weighted by Crippen LogP contribution is 2.21. The summed E-state index contributed by atoms with van der Waals surface area (Å²) in [5.74, 6) is -0.344. The van der Waals surface area contributed by atoms with E-state index in [1.165, 1.54) is 19.1 Å². The molecular weight excluding hydrogens is 337 g/mol. The predicted octanol–water partition coefficient (Wildman–Crippen LogP) is 3.62. The molecule has 26 heavy (non-hydrogen) atoms. The number of amides is 2. The summed E-state index contributed by atoms with van der Waals surface area (Å²) in [5.41, 5.74) is 2.28. The van der Waals surface area contributed by atoms with Crippen LogP contribution in [0, 0.1) is 5.82 Å². The number of carbonyl (C=O) groups excluding carboxylic acids is 2. The van der Waals surface area contributed by atoms with Gasteiger partial charge in [0.05, 0.1) is 12.1 Å². The molecule has 0 atom stereocenters. The Balaban J connectivity index is 1.64. The lowest BCUT2D eigenvalue weighted by atomic mass is 10.1. The van der Waals surface area contributed by atoms with E-state index < -0.39 is 0 Å². The molecule has 0 aliphatic carbocycles. The second-order valence-corrected chi connectivity index (χ2v) is 5.68.